The molecule has 0 amide bonds. The number of likely N-dealkylation sites (N-methyl/N-ethyl adjacent to an activating group) is 1. The summed E-state index contributed by atoms with van der Waals surface area (Å²) in [7, 11) is 2.16. The van der Waals surface area contributed by atoms with Gasteiger partial charge in [-0.05, 0) is 30.8 Å². The Balaban J connectivity index is 1.49. The van der Waals surface area contributed by atoms with Crippen molar-refractivity contribution in [3.8, 4) is 10.4 Å². The maximum atomic E-state index is 5.87. The standard InChI is InChI=1S/C19H22N6S/c1-24-7-9-25(10-8-24)16-5-6-21-18(12-16)23-19-22-13-17(26-19)14-3-2-4-15(20)11-14/h2-6,11-13H,7-10,20H2,1H3,(H,21,22,23). The zero-order valence-electron chi connectivity index (χ0n) is 14.7. The van der Waals surface area contributed by atoms with E-state index in [0.717, 1.165) is 53.3 Å². The van der Waals surface area contributed by atoms with Crippen LogP contribution < -0.4 is 16.0 Å². The SMILES string of the molecule is CN1CCN(c2ccnc(Nc3ncc(-c4cccc(N)c4)s3)c2)CC1. The first-order valence-corrected chi connectivity index (χ1v) is 9.47. The number of rotatable bonds is 4. The van der Waals surface area contributed by atoms with Crippen molar-refractivity contribution in [3.63, 3.8) is 0 Å². The molecule has 7 heteroatoms. The zero-order chi connectivity index (χ0) is 17.9. The fourth-order valence-electron chi connectivity index (χ4n) is 3.02. The molecule has 0 atom stereocenters. The van der Waals surface area contributed by atoms with Gasteiger partial charge in [0.15, 0.2) is 5.13 Å². The van der Waals surface area contributed by atoms with E-state index in [2.05, 4.69) is 44.3 Å². The molecule has 1 fully saturated rings. The summed E-state index contributed by atoms with van der Waals surface area (Å²) >= 11 is 1.59. The number of nitrogen functional groups attached to an aromatic ring is 1. The molecular formula is C19H22N6S. The Morgan fingerprint density at radius 3 is 2.73 bits per heavy atom. The van der Waals surface area contributed by atoms with Gasteiger partial charge in [0.2, 0.25) is 0 Å². The molecular weight excluding hydrogens is 344 g/mol. The summed E-state index contributed by atoms with van der Waals surface area (Å²) in [6.07, 6.45) is 3.72. The van der Waals surface area contributed by atoms with Crippen molar-refractivity contribution in [1.82, 2.24) is 14.9 Å². The van der Waals surface area contributed by atoms with Gasteiger partial charge in [0, 0.05) is 56.0 Å². The van der Waals surface area contributed by atoms with Gasteiger partial charge in [-0.15, -0.1) is 0 Å². The molecule has 4 rings (SSSR count). The Hall–Kier alpha value is -2.64. The van der Waals surface area contributed by atoms with Crippen LogP contribution >= 0.6 is 11.3 Å². The average molecular weight is 366 g/mol. The minimum Gasteiger partial charge on any atom is -0.399 e. The lowest BCUT2D eigenvalue weighted by Gasteiger charge is -2.34. The number of pyridine rings is 1. The van der Waals surface area contributed by atoms with E-state index in [1.165, 1.54) is 5.69 Å². The molecule has 1 aliphatic heterocycles. The van der Waals surface area contributed by atoms with Gasteiger partial charge in [-0.1, -0.05) is 23.5 Å². The summed E-state index contributed by atoms with van der Waals surface area (Å²) in [6.45, 7) is 4.25. The van der Waals surface area contributed by atoms with Crippen molar-refractivity contribution in [2.45, 2.75) is 0 Å². The lowest BCUT2D eigenvalue weighted by molar-refractivity contribution is 0.313. The maximum absolute atomic E-state index is 5.87. The molecule has 134 valence electrons. The highest BCUT2D eigenvalue weighted by Crippen LogP contribution is 2.31. The number of piperazine rings is 1. The highest BCUT2D eigenvalue weighted by atomic mass is 32.1. The van der Waals surface area contributed by atoms with Crippen LogP contribution in [0.25, 0.3) is 10.4 Å². The molecule has 0 spiro atoms. The van der Waals surface area contributed by atoms with Crippen molar-refractivity contribution in [2.24, 2.45) is 0 Å². The highest BCUT2D eigenvalue weighted by Gasteiger charge is 2.15. The van der Waals surface area contributed by atoms with Crippen LogP contribution in [0.1, 0.15) is 0 Å². The van der Waals surface area contributed by atoms with E-state index in [1.807, 2.05) is 36.7 Å². The van der Waals surface area contributed by atoms with E-state index in [9.17, 15) is 0 Å². The van der Waals surface area contributed by atoms with Gasteiger partial charge in [0.05, 0.1) is 4.88 Å². The van der Waals surface area contributed by atoms with Gasteiger partial charge in [-0.3, -0.25) is 0 Å². The molecule has 1 saturated heterocycles. The van der Waals surface area contributed by atoms with E-state index in [-0.39, 0.29) is 0 Å². The number of thiazole rings is 1. The van der Waals surface area contributed by atoms with Crippen molar-refractivity contribution in [1.29, 1.82) is 0 Å². The van der Waals surface area contributed by atoms with Gasteiger partial charge < -0.3 is 20.9 Å². The largest absolute Gasteiger partial charge is 0.399 e. The first-order valence-electron chi connectivity index (χ1n) is 8.66. The number of aromatic nitrogens is 2. The molecule has 0 unspecified atom stereocenters. The molecule has 0 saturated carbocycles. The number of benzene rings is 1. The second-order valence-corrected chi connectivity index (χ2v) is 7.50. The van der Waals surface area contributed by atoms with E-state index in [1.54, 1.807) is 11.3 Å². The van der Waals surface area contributed by atoms with Gasteiger partial charge in [-0.25, -0.2) is 9.97 Å². The smallest absolute Gasteiger partial charge is 0.188 e. The summed E-state index contributed by atoms with van der Waals surface area (Å²) in [5, 5.41) is 4.15. The molecule has 0 bridgehead atoms. The van der Waals surface area contributed by atoms with Crippen LogP contribution in [0.2, 0.25) is 0 Å². The van der Waals surface area contributed by atoms with Gasteiger partial charge in [-0.2, -0.15) is 0 Å². The molecule has 1 aliphatic rings. The second-order valence-electron chi connectivity index (χ2n) is 6.47. The summed E-state index contributed by atoms with van der Waals surface area (Å²) in [6, 6.07) is 12.0. The van der Waals surface area contributed by atoms with Crippen LogP contribution in [0.15, 0.2) is 48.8 Å². The predicted octanol–water partition coefficient (Wildman–Crippen LogP) is 3.28. The molecule has 0 aliphatic carbocycles. The summed E-state index contributed by atoms with van der Waals surface area (Å²) in [5.41, 5.74) is 8.91. The Labute approximate surface area is 157 Å². The molecule has 2 aromatic heterocycles. The maximum Gasteiger partial charge on any atom is 0.188 e. The topological polar surface area (TPSA) is 70.3 Å². The molecule has 26 heavy (non-hydrogen) atoms. The molecule has 6 nitrogen and oxygen atoms in total. The third-order valence-corrected chi connectivity index (χ3v) is 5.49. The Kier molecular flexibility index (Phi) is 4.73. The number of nitrogens with zero attached hydrogens (tertiary/aromatic N) is 4. The summed E-state index contributed by atoms with van der Waals surface area (Å²) in [5.74, 6) is 0.815. The average Bonchev–Trinajstić information content (AvgIpc) is 3.11. The van der Waals surface area contributed by atoms with Gasteiger partial charge >= 0.3 is 0 Å². The van der Waals surface area contributed by atoms with Crippen LogP contribution in [0.4, 0.5) is 22.3 Å². The first-order chi connectivity index (χ1) is 12.7. The van der Waals surface area contributed by atoms with Crippen LogP contribution in [0, 0.1) is 0 Å². The Morgan fingerprint density at radius 2 is 1.92 bits per heavy atom. The first kappa shape index (κ1) is 16.8. The van der Waals surface area contributed by atoms with Crippen molar-refractivity contribution >= 4 is 33.7 Å². The van der Waals surface area contributed by atoms with Crippen molar-refractivity contribution in [3.05, 3.63) is 48.8 Å². The molecule has 0 radical (unpaired) electrons. The van der Waals surface area contributed by atoms with E-state index < -0.39 is 0 Å². The van der Waals surface area contributed by atoms with Crippen LogP contribution in [0.3, 0.4) is 0 Å². The summed E-state index contributed by atoms with van der Waals surface area (Å²) in [4.78, 5) is 14.7. The van der Waals surface area contributed by atoms with Crippen molar-refractivity contribution < 1.29 is 0 Å². The van der Waals surface area contributed by atoms with Crippen LogP contribution in [-0.2, 0) is 0 Å². The number of anilines is 4. The highest BCUT2D eigenvalue weighted by molar-refractivity contribution is 7.18. The van der Waals surface area contributed by atoms with E-state index >= 15 is 0 Å². The monoisotopic (exact) mass is 366 g/mol. The predicted molar refractivity (Wildman–Crippen MR) is 109 cm³/mol. The fraction of sp³-hybridized carbons (Fsp3) is 0.263. The normalized spacial score (nSPS) is 15.2. The van der Waals surface area contributed by atoms with Gasteiger partial charge in [0.25, 0.3) is 0 Å². The Morgan fingerprint density at radius 1 is 1.08 bits per heavy atom. The quantitative estimate of drug-likeness (QED) is 0.691. The molecule has 1 aromatic carbocycles. The number of nitrogens with one attached hydrogen (secondary N) is 1. The molecule has 3 heterocycles. The number of hydrogen-bond acceptors (Lipinski definition) is 7. The number of nitrogens with two attached hydrogens (primary N) is 1. The molecule has 3 aromatic rings. The van der Waals surface area contributed by atoms with Crippen LogP contribution in [0.5, 0.6) is 0 Å². The van der Waals surface area contributed by atoms with E-state index in [0.29, 0.717) is 0 Å². The van der Waals surface area contributed by atoms with Gasteiger partial charge in [0.1, 0.15) is 5.82 Å². The Bertz CT molecular complexity index is 885. The van der Waals surface area contributed by atoms with Crippen LogP contribution in [-0.4, -0.2) is 48.1 Å². The van der Waals surface area contributed by atoms with Crippen molar-refractivity contribution in [2.75, 3.05) is 49.2 Å². The number of hydrogen-bond donors (Lipinski definition) is 2. The van der Waals surface area contributed by atoms with E-state index in [4.69, 9.17) is 5.73 Å². The third-order valence-electron chi connectivity index (χ3n) is 4.52. The second kappa shape index (κ2) is 7.31. The zero-order valence-corrected chi connectivity index (χ0v) is 15.5. The summed E-state index contributed by atoms with van der Waals surface area (Å²) < 4.78 is 0. The fourth-order valence-corrected chi connectivity index (χ4v) is 3.84. The minimum atomic E-state index is 0.756. The third kappa shape index (κ3) is 3.79. The lowest BCUT2D eigenvalue weighted by atomic mass is 10.2. The molecule has 3 N–H and O–H groups in total. The minimum absolute atomic E-state index is 0.756. The lowest BCUT2D eigenvalue weighted by Crippen LogP contribution is -2.44.